The van der Waals surface area contributed by atoms with Crippen LogP contribution in [0.25, 0.3) is 0 Å². The Labute approximate surface area is 100 Å². The van der Waals surface area contributed by atoms with Crippen LogP contribution in [-0.2, 0) is 9.57 Å². The average molecular weight is 233 g/mol. The Morgan fingerprint density at radius 3 is 2.47 bits per heavy atom. The molecule has 0 aromatic heterocycles. The molecular weight excluding hydrogens is 218 g/mol. The molecule has 2 unspecified atom stereocenters. The van der Waals surface area contributed by atoms with Crippen LogP contribution in [-0.4, -0.2) is 36.3 Å². The van der Waals surface area contributed by atoms with Crippen LogP contribution in [0.15, 0.2) is 30.3 Å². The van der Waals surface area contributed by atoms with E-state index in [9.17, 15) is 4.79 Å². The van der Waals surface area contributed by atoms with Gasteiger partial charge in [-0.15, -0.1) is 5.06 Å². The van der Waals surface area contributed by atoms with E-state index in [0.717, 1.165) is 12.8 Å². The molecule has 2 aliphatic rings. The number of ether oxygens (including phenoxy) is 1. The zero-order valence-corrected chi connectivity index (χ0v) is 9.54. The quantitative estimate of drug-likeness (QED) is 0.778. The monoisotopic (exact) mass is 233 g/mol. The lowest BCUT2D eigenvalue weighted by Crippen LogP contribution is -2.46. The van der Waals surface area contributed by atoms with E-state index < -0.39 is 0 Å². The number of nitrogens with zero attached hydrogens (tertiary/aromatic N) is 1. The Kier molecular flexibility index (Phi) is 2.82. The Balaban J connectivity index is 1.69. The van der Waals surface area contributed by atoms with Crippen LogP contribution >= 0.6 is 0 Å². The lowest BCUT2D eigenvalue weighted by atomic mass is 10.2. The minimum Gasteiger partial charge on any atom is -0.378 e. The van der Waals surface area contributed by atoms with Gasteiger partial charge in [-0.1, -0.05) is 18.2 Å². The fraction of sp³-hybridized carbons (Fsp3) is 0.462. The molecular formula is C13H15NO3. The lowest BCUT2D eigenvalue weighted by molar-refractivity contribution is -0.191. The first-order valence-electron chi connectivity index (χ1n) is 5.98. The summed E-state index contributed by atoms with van der Waals surface area (Å²) in [7, 11) is 0. The molecule has 3 rings (SSSR count). The van der Waals surface area contributed by atoms with Crippen LogP contribution in [0, 0.1) is 0 Å². The molecule has 0 saturated carbocycles. The average Bonchev–Trinajstić information content (AvgIpc) is 2.62. The lowest BCUT2D eigenvalue weighted by Gasteiger charge is -2.32. The van der Waals surface area contributed by atoms with E-state index in [1.54, 1.807) is 12.1 Å². The van der Waals surface area contributed by atoms with Gasteiger partial charge in [-0.3, -0.25) is 0 Å². The molecule has 0 aliphatic carbocycles. The van der Waals surface area contributed by atoms with Crippen molar-refractivity contribution in [2.45, 2.75) is 24.9 Å². The fourth-order valence-corrected chi connectivity index (χ4v) is 2.46. The van der Waals surface area contributed by atoms with Crippen LogP contribution in [0.3, 0.4) is 0 Å². The van der Waals surface area contributed by atoms with E-state index in [1.165, 1.54) is 0 Å². The van der Waals surface area contributed by atoms with Gasteiger partial charge < -0.3 is 9.57 Å². The van der Waals surface area contributed by atoms with Gasteiger partial charge in [0.25, 0.3) is 0 Å². The summed E-state index contributed by atoms with van der Waals surface area (Å²) >= 11 is 0. The topological polar surface area (TPSA) is 38.8 Å². The van der Waals surface area contributed by atoms with Gasteiger partial charge >= 0.3 is 5.97 Å². The molecule has 0 amide bonds. The van der Waals surface area contributed by atoms with Crippen LogP contribution in [0.1, 0.15) is 23.2 Å². The highest BCUT2D eigenvalue weighted by Gasteiger charge is 2.40. The molecule has 0 spiro atoms. The highest BCUT2D eigenvalue weighted by atomic mass is 16.7. The Bertz CT molecular complexity index is 390. The highest BCUT2D eigenvalue weighted by molar-refractivity contribution is 5.89. The van der Waals surface area contributed by atoms with Crippen molar-refractivity contribution in [3.63, 3.8) is 0 Å². The largest absolute Gasteiger partial charge is 0.378 e. The van der Waals surface area contributed by atoms with Gasteiger partial charge in [0.15, 0.2) is 0 Å². The number of hydroxylamine groups is 2. The van der Waals surface area contributed by atoms with Crippen LogP contribution < -0.4 is 0 Å². The molecule has 0 radical (unpaired) electrons. The van der Waals surface area contributed by atoms with E-state index in [-0.39, 0.29) is 18.1 Å². The number of benzene rings is 1. The van der Waals surface area contributed by atoms with Crippen LogP contribution in [0.2, 0.25) is 0 Å². The standard InChI is InChI=1S/C13H15NO3/c15-13(10-4-2-1-3-5-10)17-14-11-6-7-12(14)9-16-8-11/h1-5,11-12H,6-9H2. The summed E-state index contributed by atoms with van der Waals surface area (Å²) in [6, 6.07) is 9.57. The first kappa shape index (κ1) is 10.7. The van der Waals surface area contributed by atoms with Crippen molar-refractivity contribution >= 4 is 5.97 Å². The second kappa shape index (κ2) is 4.47. The molecule has 2 fully saturated rings. The fourth-order valence-electron chi connectivity index (χ4n) is 2.46. The second-order valence-corrected chi connectivity index (χ2v) is 4.53. The summed E-state index contributed by atoms with van der Waals surface area (Å²) in [5, 5.41) is 1.83. The van der Waals surface area contributed by atoms with Gasteiger partial charge in [-0.2, -0.15) is 0 Å². The first-order valence-corrected chi connectivity index (χ1v) is 5.98. The molecule has 2 heterocycles. The maximum absolute atomic E-state index is 11.9. The Hall–Kier alpha value is -1.39. The third-order valence-corrected chi connectivity index (χ3v) is 3.37. The third-order valence-electron chi connectivity index (χ3n) is 3.37. The van der Waals surface area contributed by atoms with Crippen molar-refractivity contribution in [1.82, 2.24) is 5.06 Å². The molecule has 1 aromatic carbocycles. The van der Waals surface area contributed by atoms with Gasteiger partial charge in [0.1, 0.15) is 0 Å². The summed E-state index contributed by atoms with van der Waals surface area (Å²) in [6.07, 6.45) is 2.10. The van der Waals surface area contributed by atoms with E-state index in [1.807, 2.05) is 23.3 Å². The zero-order chi connectivity index (χ0) is 11.7. The number of rotatable bonds is 2. The molecule has 0 N–H and O–H groups in total. The Morgan fingerprint density at radius 2 is 1.82 bits per heavy atom. The van der Waals surface area contributed by atoms with Gasteiger partial charge in [-0.05, 0) is 25.0 Å². The van der Waals surface area contributed by atoms with E-state index in [2.05, 4.69) is 0 Å². The molecule has 2 aliphatic heterocycles. The van der Waals surface area contributed by atoms with E-state index in [4.69, 9.17) is 9.57 Å². The molecule has 1 aromatic rings. The summed E-state index contributed by atoms with van der Waals surface area (Å²) < 4.78 is 5.44. The summed E-state index contributed by atoms with van der Waals surface area (Å²) in [5.41, 5.74) is 0.596. The first-order chi connectivity index (χ1) is 8.34. The number of hydrogen-bond donors (Lipinski definition) is 0. The summed E-state index contributed by atoms with van der Waals surface area (Å²) in [6.45, 7) is 1.33. The molecule has 17 heavy (non-hydrogen) atoms. The predicted molar refractivity (Wildman–Crippen MR) is 61.3 cm³/mol. The smallest absolute Gasteiger partial charge is 0.357 e. The molecule has 2 bridgehead atoms. The maximum atomic E-state index is 11.9. The number of morpholine rings is 1. The highest BCUT2D eigenvalue weighted by Crippen LogP contribution is 2.29. The van der Waals surface area contributed by atoms with Crippen molar-refractivity contribution in [2.75, 3.05) is 13.2 Å². The molecule has 2 saturated heterocycles. The number of hydrogen-bond acceptors (Lipinski definition) is 4. The van der Waals surface area contributed by atoms with E-state index >= 15 is 0 Å². The van der Waals surface area contributed by atoms with Crippen LogP contribution in [0.5, 0.6) is 0 Å². The summed E-state index contributed by atoms with van der Waals surface area (Å²) in [4.78, 5) is 17.4. The van der Waals surface area contributed by atoms with Crippen molar-refractivity contribution in [2.24, 2.45) is 0 Å². The minimum atomic E-state index is -0.274. The van der Waals surface area contributed by atoms with Gasteiger partial charge in [-0.25, -0.2) is 4.79 Å². The van der Waals surface area contributed by atoms with E-state index in [0.29, 0.717) is 18.8 Å². The van der Waals surface area contributed by atoms with Gasteiger partial charge in [0, 0.05) is 0 Å². The van der Waals surface area contributed by atoms with Crippen molar-refractivity contribution < 1.29 is 14.4 Å². The normalized spacial score (nSPS) is 28.0. The Morgan fingerprint density at radius 1 is 1.18 bits per heavy atom. The maximum Gasteiger partial charge on any atom is 0.357 e. The van der Waals surface area contributed by atoms with Gasteiger partial charge in [0.2, 0.25) is 0 Å². The number of fused-ring (bicyclic) bond motifs is 2. The zero-order valence-electron chi connectivity index (χ0n) is 9.54. The SMILES string of the molecule is O=C(ON1C2CCC1COC2)c1ccccc1. The van der Waals surface area contributed by atoms with Gasteiger partial charge in [0.05, 0.1) is 30.9 Å². The molecule has 4 heteroatoms. The second-order valence-electron chi connectivity index (χ2n) is 4.53. The predicted octanol–water partition coefficient (Wildman–Crippen LogP) is 1.62. The number of carbonyl (C=O) groups is 1. The molecule has 90 valence electrons. The van der Waals surface area contributed by atoms with Crippen LogP contribution in [0.4, 0.5) is 0 Å². The molecule has 4 nitrogen and oxygen atoms in total. The third kappa shape index (κ3) is 2.06. The van der Waals surface area contributed by atoms with Crippen molar-refractivity contribution in [3.05, 3.63) is 35.9 Å². The molecule has 2 atom stereocenters. The summed E-state index contributed by atoms with van der Waals surface area (Å²) in [5.74, 6) is -0.274. The van der Waals surface area contributed by atoms with Crippen molar-refractivity contribution in [3.8, 4) is 0 Å². The minimum absolute atomic E-state index is 0.237. The number of carbonyl (C=O) groups excluding carboxylic acids is 1. The van der Waals surface area contributed by atoms with Crippen molar-refractivity contribution in [1.29, 1.82) is 0 Å².